The Labute approximate surface area is 146 Å². The second-order valence-corrected chi connectivity index (χ2v) is 5.64. The standard InChI is InChI=1S/C15H8Cl3N5/c16-12-10(5-19)14(18)22-15(13(12)17)23-21-7-8-6-20-11-4-2-1-3-9(8)11/h1-4,6-7,20H,(H,22,23). The fourth-order valence-corrected chi connectivity index (χ4v) is 2.71. The predicted molar refractivity (Wildman–Crippen MR) is 93.5 cm³/mol. The SMILES string of the molecule is N#Cc1c(Cl)nc(NN=Cc2c[nH]c3ccccc23)c(Cl)c1Cl. The predicted octanol–water partition coefficient (Wildman–Crippen LogP) is 4.84. The molecule has 2 N–H and O–H groups in total. The number of anilines is 1. The molecule has 0 aliphatic rings. The Bertz CT molecular complexity index is 956. The number of H-pyrrole nitrogens is 1. The van der Waals surface area contributed by atoms with E-state index in [-0.39, 0.29) is 26.6 Å². The summed E-state index contributed by atoms with van der Waals surface area (Å²) in [5.74, 6) is 0.178. The van der Waals surface area contributed by atoms with Crippen molar-refractivity contribution in [2.75, 3.05) is 5.43 Å². The highest BCUT2D eigenvalue weighted by atomic mass is 35.5. The molecule has 0 amide bonds. The van der Waals surface area contributed by atoms with Crippen molar-refractivity contribution in [3.63, 3.8) is 0 Å². The van der Waals surface area contributed by atoms with E-state index in [4.69, 9.17) is 40.1 Å². The van der Waals surface area contributed by atoms with Crippen molar-refractivity contribution in [2.24, 2.45) is 5.10 Å². The van der Waals surface area contributed by atoms with Crippen molar-refractivity contribution < 1.29 is 0 Å². The molecule has 23 heavy (non-hydrogen) atoms. The number of nitrogens with zero attached hydrogens (tertiary/aromatic N) is 3. The van der Waals surface area contributed by atoms with Crippen LogP contribution in [0.1, 0.15) is 11.1 Å². The second-order valence-electron chi connectivity index (χ2n) is 4.53. The first-order valence-electron chi connectivity index (χ1n) is 6.41. The van der Waals surface area contributed by atoms with Gasteiger partial charge < -0.3 is 4.98 Å². The summed E-state index contributed by atoms with van der Waals surface area (Å²) in [5.41, 5.74) is 4.62. The van der Waals surface area contributed by atoms with Gasteiger partial charge in [-0.25, -0.2) is 4.98 Å². The largest absolute Gasteiger partial charge is 0.361 e. The average Bonchev–Trinajstić information content (AvgIpc) is 2.96. The number of aromatic amines is 1. The minimum absolute atomic E-state index is 0.0319. The summed E-state index contributed by atoms with van der Waals surface area (Å²) in [4.78, 5) is 7.12. The molecule has 0 aliphatic carbocycles. The van der Waals surface area contributed by atoms with Crippen LogP contribution in [0.3, 0.4) is 0 Å². The molecule has 0 fully saturated rings. The molecule has 1 aromatic carbocycles. The number of hydrazone groups is 1. The summed E-state index contributed by atoms with van der Waals surface area (Å²) >= 11 is 17.9. The molecule has 0 saturated heterocycles. The lowest BCUT2D eigenvalue weighted by molar-refractivity contribution is 1.22. The van der Waals surface area contributed by atoms with E-state index in [9.17, 15) is 0 Å². The zero-order valence-corrected chi connectivity index (χ0v) is 13.7. The molecule has 5 nitrogen and oxygen atoms in total. The number of nitrogens with one attached hydrogen (secondary N) is 2. The fourth-order valence-electron chi connectivity index (χ4n) is 2.04. The summed E-state index contributed by atoms with van der Waals surface area (Å²) in [6.07, 6.45) is 3.46. The molecule has 0 bridgehead atoms. The molecular weight excluding hydrogens is 357 g/mol. The smallest absolute Gasteiger partial charge is 0.168 e. The highest BCUT2D eigenvalue weighted by Gasteiger charge is 2.15. The van der Waals surface area contributed by atoms with E-state index in [1.165, 1.54) is 0 Å². The van der Waals surface area contributed by atoms with Crippen LogP contribution in [-0.4, -0.2) is 16.2 Å². The van der Waals surface area contributed by atoms with Gasteiger partial charge in [0.2, 0.25) is 0 Å². The van der Waals surface area contributed by atoms with Crippen LogP contribution in [0.25, 0.3) is 10.9 Å². The van der Waals surface area contributed by atoms with Gasteiger partial charge in [-0.3, -0.25) is 5.43 Å². The van der Waals surface area contributed by atoms with Gasteiger partial charge in [-0.15, -0.1) is 0 Å². The minimum Gasteiger partial charge on any atom is -0.361 e. The number of benzene rings is 1. The quantitative estimate of drug-likeness (QED) is 0.396. The molecule has 0 aliphatic heterocycles. The highest BCUT2D eigenvalue weighted by molar-refractivity contribution is 6.45. The lowest BCUT2D eigenvalue weighted by Gasteiger charge is -2.06. The monoisotopic (exact) mass is 363 g/mol. The molecule has 114 valence electrons. The summed E-state index contributed by atoms with van der Waals surface area (Å²) in [6, 6.07) is 9.69. The maximum Gasteiger partial charge on any atom is 0.168 e. The first kappa shape index (κ1) is 15.6. The van der Waals surface area contributed by atoms with E-state index in [1.54, 1.807) is 6.21 Å². The first-order valence-corrected chi connectivity index (χ1v) is 7.55. The topological polar surface area (TPSA) is 76.9 Å². The number of halogens is 3. The number of rotatable bonds is 3. The van der Waals surface area contributed by atoms with Crippen molar-refractivity contribution in [3.05, 3.63) is 56.8 Å². The molecular formula is C15H8Cl3N5. The maximum atomic E-state index is 8.95. The Balaban J connectivity index is 1.88. The molecule has 0 radical (unpaired) electrons. The van der Waals surface area contributed by atoms with E-state index in [1.807, 2.05) is 36.5 Å². The summed E-state index contributed by atoms with van der Waals surface area (Å²) in [5, 5.41) is 14.2. The number of para-hydroxylation sites is 1. The van der Waals surface area contributed by atoms with E-state index in [0.717, 1.165) is 16.5 Å². The van der Waals surface area contributed by atoms with E-state index in [0.29, 0.717) is 0 Å². The molecule has 3 aromatic rings. The van der Waals surface area contributed by atoms with E-state index >= 15 is 0 Å². The van der Waals surface area contributed by atoms with Gasteiger partial charge in [0.05, 0.1) is 11.2 Å². The third kappa shape index (κ3) is 2.97. The van der Waals surface area contributed by atoms with Crippen molar-refractivity contribution in [3.8, 4) is 6.07 Å². The Kier molecular flexibility index (Phi) is 4.39. The molecule has 0 saturated carbocycles. The molecule has 0 spiro atoms. The second kappa shape index (κ2) is 6.47. The first-order chi connectivity index (χ1) is 11.1. The van der Waals surface area contributed by atoms with Crippen LogP contribution in [0, 0.1) is 11.3 Å². The van der Waals surface area contributed by atoms with E-state index in [2.05, 4.69) is 20.5 Å². The Hall–Kier alpha value is -2.26. The highest BCUT2D eigenvalue weighted by Crippen LogP contribution is 2.34. The van der Waals surface area contributed by atoms with Crippen LogP contribution in [0.5, 0.6) is 0 Å². The van der Waals surface area contributed by atoms with Crippen LogP contribution in [0.15, 0.2) is 35.6 Å². The number of nitriles is 1. The molecule has 8 heteroatoms. The Morgan fingerprint density at radius 2 is 2.00 bits per heavy atom. The van der Waals surface area contributed by atoms with Crippen molar-refractivity contribution in [2.45, 2.75) is 0 Å². The van der Waals surface area contributed by atoms with Crippen LogP contribution in [0.2, 0.25) is 15.2 Å². The summed E-state index contributed by atoms with van der Waals surface area (Å²) in [7, 11) is 0. The van der Waals surface area contributed by atoms with Gasteiger partial charge in [0.15, 0.2) is 11.0 Å². The van der Waals surface area contributed by atoms with Crippen LogP contribution in [0.4, 0.5) is 5.82 Å². The molecule has 0 atom stereocenters. The number of hydrogen-bond acceptors (Lipinski definition) is 4. The molecule has 2 aromatic heterocycles. The number of pyridine rings is 1. The summed E-state index contributed by atoms with van der Waals surface area (Å²) < 4.78 is 0. The van der Waals surface area contributed by atoms with Gasteiger partial charge in [-0.05, 0) is 6.07 Å². The lowest BCUT2D eigenvalue weighted by Crippen LogP contribution is -1.97. The van der Waals surface area contributed by atoms with Gasteiger partial charge in [0.1, 0.15) is 16.7 Å². The third-order valence-corrected chi connectivity index (χ3v) is 4.26. The fraction of sp³-hybridized carbons (Fsp3) is 0. The van der Waals surface area contributed by atoms with Crippen LogP contribution in [-0.2, 0) is 0 Å². The average molecular weight is 365 g/mol. The Morgan fingerprint density at radius 3 is 2.78 bits per heavy atom. The molecule has 3 rings (SSSR count). The maximum absolute atomic E-state index is 8.95. The van der Waals surface area contributed by atoms with Gasteiger partial charge >= 0.3 is 0 Å². The van der Waals surface area contributed by atoms with E-state index < -0.39 is 0 Å². The van der Waals surface area contributed by atoms with Gasteiger partial charge in [-0.1, -0.05) is 53.0 Å². The lowest BCUT2D eigenvalue weighted by atomic mass is 10.2. The van der Waals surface area contributed by atoms with Gasteiger partial charge in [0, 0.05) is 22.7 Å². The molecule has 2 heterocycles. The van der Waals surface area contributed by atoms with Gasteiger partial charge in [0.25, 0.3) is 0 Å². The number of fused-ring (bicyclic) bond motifs is 1. The minimum atomic E-state index is -0.0355. The normalized spacial score (nSPS) is 11.0. The van der Waals surface area contributed by atoms with Crippen molar-refractivity contribution in [1.29, 1.82) is 5.26 Å². The Morgan fingerprint density at radius 1 is 1.22 bits per heavy atom. The van der Waals surface area contributed by atoms with Crippen molar-refractivity contribution >= 4 is 57.7 Å². The zero-order valence-electron chi connectivity index (χ0n) is 11.4. The number of hydrogen-bond donors (Lipinski definition) is 2. The zero-order chi connectivity index (χ0) is 16.4. The number of aromatic nitrogens is 2. The van der Waals surface area contributed by atoms with Crippen molar-refractivity contribution in [1.82, 2.24) is 9.97 Å². The summed E-state index contributed by atoms with van der Waals surface area (Å²) in [6.45, 7) is 0. The molecule has 0 unspecified atom stereocenters. The van der Waals surface area contributed by atoms with Gasteiger partial charge in [-0.2, -0.15) is 10.4 Å². The van der Waals surface area contributed by atoms with Crippen LogP contribution < -0.4 is 5.43 Å². The third-order valence-electron chi connectivity index (χ3n) is 3.14. The van der Waals surface area contributed by atoms with Crippen LogP contribution >= 0.6 is 34.8 Å².